The highest BCUT2D eigenvalue weighted by Gasteiger charge is 2.27. The van der Waals surface area contributed by atoms with Crippen LogP contribution in [0.25, 0.3) is 11.4 Å². The Labute approximate surface area is 240 Å². The molecular weight excluding hydrogens is 563 g/mol. The van der Waals surface area contributed by atoms with E-state index in [1.165, 1.54) is 0 Å². The van der Waals surface area contributed by atoms with E-state index in [0.717, 1.165) is 5.75 Å². The van der Waals surface area contributed by atoms with Gasteiger partial charge in [-0.3, -0.25) is 9.69 Å². The van der Waals surface area contributed by atoms with Gasteiger partial charge >= 0.3 is 0 Å². The van der Waals surface area contributed by atoms with E-state index < -0.39 is 0 Å². The maximum atomic E-state index is 13.1. The Bertz CT molecular complexity index is 1450. The number of benzene rings is 3. The number of aromatic nitrogens is 2. The number of rotatable bonds is 8. The van der Waals surface area contributed by atoms with E-state index in [-0.39, 0.29) is 11.8 Å². The van der Waals surface area contributed by atoms with Crippen molar-refractivity contribution < 1.29 is 18.8 Å². The Kier molecular flexibility index (Phi) is 8.57. The Morgan fingerprint density at radius 1 is 1.00 bits per heavy atom. The summed E-state index contributed by atoms with van der Waals surface area (Å²) < 4.78 is 16.6. The fourth-order valence-electron chi connectivity index (χ4n) is 4.34. The second-order valence-corrected chi connectivity index (χ2v) is 10.4. The van der Waals surface area contributed by atoms with Gasteiger partial charge in [0.1, 0.15) is 11.5 Å². The lowest BCUT2D eigenvalue weighted by molar-refractivity contribution is -0.121. The van der Waals surface area contributed by atoms with Crippen LogP contribution < -0.4 is 14.8 Å². The molecule has 39 heavy (non-hydrogen) atoms. The molecule has 1 amide bonds. The molecule has 0 aliphatic carbocycles. The zero-order valence-corrected chi connectivity index (χ0v) is 23.3. The molecule has 5 rings (SSSR count). The fourth-order valence-corrected chi connectivity index (χ4v) is 5.00. The largest absolute Gasteiger partial charge is 0.497 e. The molecule has 2 heterocycles. The van der Waals surface area contributed by atoms with Crippen molar-refractivity contribution in [3.8, 4) is 28.6 Å². The second-order valence-electron chi connectivity index (χ2n) is 9.09. The summed E-state index contributed by atoms with van der Waals surface area (Å²) in [7, 11) is 1.60. The number of hydrogen-bond donors (Lipinski definition) is 1. The zero-order valence-electron chi connectivity index (χ0n) is 21.0. The average Bonchev–Trinajstić information content (AvgIpc) is 3.39. The van der Waals surface area contributed by atoms with Crippen LogP contribution in [0.3, 0.4) is 0 Å². The summed E-state index contributed by atoms with van der Waals surface area (Å²) in [6.45, 7) is 1.91. The number of methoxy groups -OCH3 is 1. The Morgan fingerprint density at radius 3 is 2.41 bits per heavy atom. The predicted molar refractivity (Wildman–Crippen MR) is 151 cm³/mol. The van der Waals surface area contributed by atoms with E-state index in [1.807, 2.05) is 0 Å². The van der Waals surface area contributed by atoms with Gasteiger partial charge < -0.3 is 19.3 Å². The standard InChI is InChI=1S/C28H25Cl3N4O4/c1-37-20-4-6-21(7-5-20)38-25-9-3-19(30)15-24(25)32-28(36)17-10-12-35(13-11-17)16-26-33-27(34-39-26)22-8-2-18(29)14-23(22)31/h2-9,14-15,17H,10-13,16H2,1H3,(H,32,36). The number of nitrogens with zero attached hydrogens (tertiary/aromatic N) is 3. The number of nitrogens with one attached hydrogen (secondary N) is 1. The predicted octanol–water partition coefficient (Wildman–Crippen LogP) is 7.35. The lowest BCUT2D eigenvalue weighted by atomic mass is 9.96. The van der Waals surface area contributed by atoms with Crippen LogP contribution in [0, 0.1) is 5.92 Å². The highest BCUT2D eigenvalue weighted by molar-refractivity contribution is 6.36. The van der Waals surface area contributed by atoms with Crippen molar-refractivity contribution in [1.82, 2.24) is 15.0 Å². The molecule has 11 heteroatoms. The van der Waals surface area contributed by atoms with Gasteiger partial charge in [-0.1, -0.05) is 40.0 Å². The molecule has 1 saturated heterocycles. The quantitative estimate of drug-likeness (QED) is 0.230. The number of amides is 1. The average molecular weight is 588 g/mol. The van der Waals surface area contributed by atoms with Gasteiger partial charge in [0, 0.05) is 21.5 Å². The van der Waals surface area contributed by atoms with E-state index >= 15 is 0 Å². The SMILES string of the molecule is COc1ccc(Oc2ccc(Cl)cc2NC(=O)C2CCN(Cc3nc(-c4ccc(Cl)cc4Cl)no3)CC2)cc1. The first-order valence-electron chi connectivity index (χ1n) is 12.3. The number of likely N-dealkylation sites (tertiary alicyclic amines) is 1. The van der Waals surface area contributed by atoms with Crippen LogP contribution >= 0.6 is 34.8 Å². The molecule has 1 aliphatic rings. The lowest BCUT2D eigenvalue weighted by Gasteiger charge is -2.30. The van der Waals surface area contributed by atoms with Crippen molar-refractivity contribution in [2.45, 2.75) is 19.4 Å². The number of carbonyl (C=O) groups excluding carboxylic acids is 1. The number of hydrogen-bond acceptors (Lipinski definition) is 7. The number of halogens is 3. The van der Waals surface area contributed by atoms with Gasteiger partial charge in [0.2, 0.25) is 17.6 Å². The molecule has 1 aromatic heterocycles. The van der Waals surface area contributed by atoms with Crippen LogP contribution in [0.5, 0.6) is 17.2 Å². The van der Waals surface area contributed by atoms with Crippen molar-refractivity contribution in [3.05, 3.63) is 81.6 Å². The van der Waals surface area contributed by atoms with Gasteiger partial charge in [-0.2, -0.15) is 4.98 Å². The first kappa shape index (κ1) is 27.3. The third-order valence-corrected chi connectivity index (χ3v) is 7.23. The number of anilines is 1. The smallest absolute Gasteiger partial charge is 0.241 e. The monoisotopic (exact) mass is 586 g/mol. The van der Waals surface area contributed by atoms with Gasteiger partial charge in [-0.05, 0) is 86.6 Å². The van der Waals surface area contributed by atoms with Crippen molar-refractivity contribution >= 4 is 46.4 Å². The Balaban J connectivity index is 1.17. The summed E-state index contributed by atoms with van der Waals surface area (Å²) in [6.07, 6.45) is 1.37. The Hall–Kier alpha value is -3.30. The highest BCUT2D eigenvalue weighted by atomic mass is 35.5. The minimum Gasteiger partial charge on any atom is -0.497 e. The summed E-state index contributed by atoms with van der Waals surface area (Å²) >= 11 is 18.5. The van der Waals surface area contributed by atoms with Crippen LogP contribution in [0.2, 0.25) is 15.1 Å². The molecule has 0 saturated carbocycles. The van der Waals surface area contributed by atoms with Crippen LogP contribution in [0.1, 0.15) is 18.7 Å². The first-order valence-corrected chi connectivity index (χ1v) is 13.4. The summed E-state index contributed by atoms with van der Waals surface area (Å²) in [5.41, 5.74) is 1.17. The maximum absolute atomic E-state index is 13.1. The van der Waals surface area contributed by atoms with E-state index in [1.54, 1.807) is 67.8 Å². The number of piperidine rings is 1. The molecule has 4 aromatic rings. The highest BCUT2D eigenvalue weighted by Crippen LogP contribution is 2.34. The van der Waals surface area contributed by atoms with Gasteiger partial charge in [-0.25, -0.2) is 0 Å². The Morgan fingerprint density at radius 2 is 1.69 bits per heavy atom. The van der Waals surface area contributed by atoms with Crippen molar-refractivity contribution in [3.63, 3.8) is 0 Å². The number of ether oxygens (including phenoxy) is 2. The van der Waals surface area contributed by atoms with Crippen LogP contribution in [-0.2, 0) is 11.3 Å². The van der Waals surface area contributed by atoms with Crippen LogP contribution in [-0.4, -0.2) is 41.1 Å². The molecule has 0 unspecified atom stereocenters. The molecule has 0 bridgehead atoms. The second kappa shape index (κ2) is 12.3. The van der Waals surface area contributed by atoms with Gasteiger partial charge in [0.05, 0.1) is 24.4 Å². The molecule has 8 nitrogen and oxygen atoms in total. The topological polar surface area (TPSA) is 89.7 Å². The van der Waals surface area contributed by atoms with Crippen molar-refractivity contribution in [2.24, 2.45) is 5.92 Å². The molecule has 3 aromatic carbocycles. The zero-order chi connectivity index (χ0) is 27.4. The normalized spacial score (nSPS) is 14.3. The van der Waals surface area contributed by atoms with E-state index in [0.29, 0.717) is 82.0 Å². The van der Waals surface area contributed by atoms with Crippen molar-refractivity contribution in [1.29, 1.82) is 0 Å². The summed E-state index contributed by atoms with van der Waals surface area (Å²) in [4.78, 5) is 19.8. The molecule has 1 N–H and O–H groups in total. The first-order chi connectivity index (χ1) is 18.9. The molecule has 202 valence electrons. The van der Waals surface area contributed by atoms with Gasteiger partial charge in [-0.15, -0.1) is 0 Å². The van der Waals surface area contributed by atoms with E-state index in [4.69, 9.17) is 48.8 Å². The number of carbonyl (C=O) groups is 1. The molecule has 0 spiro atoms. The molecule has 1 aliphatic heterocycles. The van der Waals surface area contributed by atoms with Crippen molar-refractivity contribution in [2.75, 3.05) is 25.5 Å². The van der Waals surface area contributed by atoms with Gasteiger partial charge in [0.25, 0.3) is 0 Å². The van der Waals surface area contributed by atoms with E-state index in [2.05, 4.69) is 20.4 Å². The lowest BCUT2D eigenvalue weighted by Crippen LogP contribution is -2.37. The fraction of sp³-hybridized carbons (Fsp3) is 0.250. The van der Waals surface area contributed by atoms with Crippen LogP contribution in [0.4, 0.5) is 5.69 Å². The third-order valence-electron chi connectivity index (χ3n) is 6.44. The van der Waals surface area contributed by atoms with Gasteiger partial charge in [0.15, 0.2) is 5.75 Å². The summed E-state index contributed by atoms with van der Waals surface area (Å²) in [6, 6.07) is 17.5. The molecular formula is C28H25Cl3N4O4. The molecule has 0 atom stereocenters. The molecule has 0 radical (unpaired) electrons. The molecule has 1 fully saturated rings. The summed E-state index contributed by atoms with van der Waals surface area (Å²) in [5, 5.41) is 8.55. The third kappa shape index (κ3) is 6.83. The summed E-state index contributed by atoms with van der Waals surface area (Å²) in [5.74, 6) is 2.51. The minimum atomic E-state index is -0.153. The maximum Gasteiger partial charge on any atom is 0.241 e. The van der Waals surface area contributed by atoms with E-state index in [9.17, 15) is 4.79 Å². The van der Waals surface area contributed by atoms with Crippen LogP contribution in [0.15, 0.2) is 65.2 Å². The minimum absolute atomic E-state index is 0.0750.